The highest BCUT2D eigenvalue weighted by Gasteiger charge is 2.25. The van der Waals surface area contributed by atoms with Crippen LogP contribution in [0.5, 0.6) is 0 Å². The van der Waals surface area contributed by atoms with E-state index in [4.69, 9.17) is 0 Å². The van der Waals surface area contributed by atoms with Crippen molar-refractivity contribution in [2.45, 2.75) is 17.7 Å². The van der Waals surface area contributed by atoms with Crippen LogP contribution in [0.15, 0.2) is 78.0 Å². The zero-order valence-electron chi connectivity index (χ0n) is 15.1. The molecule has 4 rings (SSSR count). The van der Waals surface area contributed by atoms with Crippen LogP contribution >= 0.6 is 0 Å². The van der Waals surface area contributed by atoms with Gasteiger partial charge in [-0.05, 0) is 54.8 Å². The van der Waals surface area contributed by atoms with Crippen molar-refractivity contribution in [3.63, 3.8) is 0 Å². The van der Waals surface area contributed by atoms with Crippen molar-refractivity contribution in [1.82, 2.24) is 4.98 Å². The first-order chi connectivity index (χ1) is 13.5. The van der Waals surface area contributed by atoms with Gasteiger partial charge in [-0.2, -0.15) is 0 Å². The normalized spacial score (nSPS) is 13.6. The molecule has 1 aromatic heterocycles. The summed E-state index contributed by atoms with van der Waals surface area (Å²) in [7, 11) is -3.69. The Hall–Kier alpha value is -3.19. The maximum absolute atomic E-state index is 12.9. The molecule has 0 saturated carbocycles. The van der Waals surface area contributed by atoms with Crippen LogP contribution in [0, 0.1) is 0 Å². The molecule has 0 bridgehead atoms. The third kappa shape index (κ3) is 3.61. The van der Waals surface area contributed by atoms with Gasteiger partial charge in [-0.15, -0.1) is 0 Å². The lowest BCUT2D eigenvalue weighted by Gasteiger charge is -2.30. The van der Waals surface area contributed by atoms with Crippen molar-refractivity contribution in [2.24, 2.45) is 0 Å². The van der Waals surface area contributed by atoms with Gasteiger partial charge >= 0.3 is 0 Å². The van der Waals surface area contributed by atoms with Gasteiger partial charge in [-0.25, -0.2) is 8.42 Å². The van der Waals surface area contributed by atoms with Gasteiger partial charge in [0.05, 0.1) is 16.1 Å². The van der Waals surface area contributed by atoms with Crippen LogP contribution in [-0.4, -0.2) is 25.9 Å². The molecule has 3 aromatic rings. The maximum Gasteiger partial charge on any atom is 0.261 e. The molecule has 0 saturated heterocycles. The van der Waals surface area contributed by atoms with Crippen molar-refractivity contribution in [3.05, 3.63) is 84.2 Å². The predicted octanol–water partition coefficient (Wildman–Crippen LogP) is 3.48. The number of anilines is 2. The number of aryl methyl sites for hydroxylation is 1. The maximum atomic E-state index is 12.9. The van der Waals surface area contributed by atoms with Crippen LogP contribution in [0.3, 0.4) is 0 Å². The number of amides is 1. The number of sulfonamides is 1. The first-order valence-corrected chi connectivity index (χ1v) is 10.5. The SMILES string of the molecule is O=C(c1cccnc1)N1CCCc2ccc(NS(=O)(=O)c3ccccc3)cc21. The number of nitrogens with one attached hydrogen (secondary N) is 1. The molecular formula is C21H19N3O3S. The smallest absolute Gasteiger partial charge is 0.261 e. The molecule has 1 N–H and O–H groups in total. The Bertz CT molecular complexity index is 1100. The average molecular weight is 393 g/mol. The fourth-order valence-electron chi connectivity index (χ4n) is 3.31. The molecule has 6 nitrogen and oxygen atoms in total. The van der Waals surface area contributed by atoms with Crippen molar-refractivity contribution in [1.29, 1.82) is 0 Å². The van der Waals surface area contributed by atoms with E-state index in [1.165, 1.54) is 0 Å². The van der Waals surface area contributed by atoms with Crippen molar-refractivity contribution in [3.8, 4) is 0 Å². The Balaban J connectivity index is 1.66. The number of carbonyl (C=O) groups excluding carboxylic acids is 1. The minimum atomic E-state index is -3.69. The largest absolute Gasteiger partial charge is 0.308 e. The molecule has 0 aliphatic carbocycles. The van der Waals surface area contributed by atoms with E-state index in [1.807, 2.05) is 6.07 Å². The van der Waals surface area contributed by atoms with E-state index in [-0.39, 0.29) is 10.8 Å². The van der Waals surface area contributed by atoms with Gasteiger partial charge in [0.25, 0.3) is 15.9 Å². The quantitative estimate of drug-likeness (QED) is 0.736. The molecule has 1 amide bonds. The van der Waals surface area contributed by atoms with Gasteiger partial charge < -0.3 is 4.90 Å². The van der Waals surface area contributed by atoms with Gasteiger partial charge in [0.15, 0.2) is 0 Å². The second-order valence-corrected chi connectivity index (χ2v) is 8.25. The van der Waals surface area contributed by atoms with Crippen molar-refractivity contribution in [2.75, 3.05) is 16.2 Å². The number of rotatable bonds is 4. The van der Waals surface area contributed by atoms with Gasteiger partial charge in [-0.1, -0.05) is 24.3 Å². The summed E-state index contributed by atoms with van der Waals surface area (Å²) < 4.78 is 27.8. The molecule has 142 valence electrons. The molecular weight excluding hydrogens is 374 g/mol. The van der Waals surface area contributed by atoms with Crippen LogP contribution < -0.4 is 9.62 Å². The highest BCUT2D eigenvalue weighted by molar-refractivity contribution is 7.92. The molecule has 1 aliphatic heterocycles. The van der Waals surface area contributed by atoms with Crippen molar-refractivity contribution < 1.29 is 13.2 Å². The second-order valence-electron chi connectivity index (χ2n) is 6.56. The zero-order chi connectivity index (χ0) is 19.6. The number of pyridine rings is 1. The molecule has 0 unspecified atom stereocenters. The molecule has 0 spiro atoms. The Morgan fingerprint density at radius 2 is 1.86 bits per heavy atom. The van der Waals surface area contributed by atoms with E-state index < -0.39 is 10.0 Å². The summed E-state index contributed by atoms with van der Waals surface area (Å²) in [4.78, 5) is 18.8. The topological polar surface area (TPSA) is 79.4 Å². The molecule has 2 heterocycles. The van der Waals surface area contributed by atoms with Gasteiger partial charge in [0.1, 0.15) is 0 Å². The van der Waals surface area contributed by atoms with Crippen LogP contribution in [-0.2, 0) is 16.4 Å². The van der Waals surface area contributed by atoms with Crippen LogP contribution in [0.1, 0.15) is 22.3 Å². The number of carbonyl (C=O) groups is 1. The summed E-state index contributed by atoms with van der Waals surface area (Å²) in [6, 6.07) is 17.0. The molecule has 0 atom stereocenters. The third-order valence-corrected chi connectivity index (χ3v) is 6.06. The zero-order valence-corrected chi connectivity index (χ0v) is 15.9. The van der Waals surface area contributed by atoms with E-state index in [0.29, 0.717) is 17.8 Å². The highest BCUT2D eigenvalue weighted by Crippen LogP contribution is 2.32. The third-order valence-electron chi connectivity index (χ3n) is 4.66. The monoisotopic (exact) mass is 393 g/mol. The Labute approximate surface area is 163 Å². The number of aromatic nitrogens is 1. The number of hydrogen-bond acceptors (Lipinski definition) is 4. The van der Waals surface area contributed by atoms with Crippen molar-refractivity contribution >= 4 is 27.3 Å². The number of nitrogens with zero attached hydrogens (tertiary/aromatic N) is 2. The molecule has 7 heteroatoms. The van der Waals surface area contributed by atoms with E-state index in [2.05, 4.69) is 9.71 Å². The van der Waals surface area contributed by atoms with E-state index in [9.17, 15) is 13.2 Å². The summed E-state index contributed by atoms with van der Waals surface area (Å²) in [5, 5.41) is 0. The average Bonchev–Trinajstić information content (AvgIpc) is 2.74. The van der Waals surface area contributed by atoms with Crippen LogP contribution in [0.25, 0.3) is 0 Å². The van der Waals surface area contributed by atoms with E-state index in [1.54, 1.807) is 71.9 Å². The molecule has 28 heavy (non-hydrogen) atoms. The second kappa shape index (κ2) is 7.44. The fourth-order valence-corrected chi connectivity index (χ4v) is 4.38. The van der Waals surface area contributed by atoms with Crippen LogP contribution in [0.4, 0.5) is 11.4 Å². The number of fused-ring (bicyclic) bond motifs is 1. The minimum absolute atomic E-state index is 0.142. The summed E-state index contributed by atoms with van der Waals surface area (Å²) in [5.41, 5.74) is 2.68. The number of benzene rings is 2. The summed E-state index contributed by atoms with van der Waals surface area (Å²) in [6.45, 7) is 0.579. The van der Waals surface area contributed by atoms with Crippen LogP contribution in [0.2, 0.25) is 0 Å². The molecule has 2 aromatic carbocycles. The lowest BCUT2D eigenvalue weighted by atomic mass is 10.0. The molecule has 0 fully saturated rings. The molecule has 1 aliphatic rings. The minimum Gasteiger partial charge on any atom is -0.308 e. The van der Waals surface area contributed by atoms with Gasteiger partial charge in [0, 0.05) is 24.6 Å². The standard InChI is InChI=1S/C21H19N3O3S/c25-21(17-6-4-12-22-15-17)24-13-5-7-16-10-11-18(14-20(16)24)23-28(26,27)19-8-2-1-3-9-19/h1-4,6,8-12,14-15,23H,5,7,13H2. The lowest BCUT2D eigenvalue weighted by Crippen LogP contribution is -2.35. The Morgan fingerprint density at radius 3 is 2.61 bits per heavy atom. The van der Waals surface area contributed by atoms with Gasteiger partial charge in [-0.3, -0.25) is 14.5 Å². The van der Waals surface area contributed by atoms with Gasteiger partial charge in [0.2, 0.25) is 0 Å². The highest BCUT2D eigenvalue weighted by atomic mass is 32.2. The summed E-state index contributed by atoms with van der Waals surface area (Å²) in [5.74, 6) is -0.142. The first-order valence-electron chi connectivity index (χ1n) is 8.97. The Morgan fingerprint density at radius 1 is 1.04 bits per heavy atom. The summed E-state index contributed by atoms with van der Waals surface area (Å²) >= 11 is 0. The Kier molecular flexibility index (Phi) is 4.83. The summed E-state index contributed by atoms with van der Waals surface area (Å²) in [6.07, 6.45) is 4.86. The first kappa shape index (κ1) is 18.2. The van der Waals surface area contributed by atoms with E-state index in [0.717, 1.165) is 24.1 Å². The number of hydrogen-bond donors (Lipinski definition) is 1. The lowest BCUT2D eigenvalue weighted by molar-refractivity contribution is 0.0985. The molecule has 0 radical (unpaired) electrons. The fraction of sp³-hybridized carbons (Fsp3) is 0.143. The van der Waals surface area contributed by atoms with E-state index >= 15 is 0 Å². The predicted molar refractivity (Wildman–Crippen MR) is 108 cm³/mol.